The first kappa shape index (κ1) is 27.9. The van der Waals surface area contributed by atoms with Crippen LogP contribution in [0.3, 0.4) is 0 Å². The highest BCUT2D eigenvalue weighted by Crippen LogP contribution is 2.29. The molecule has 0 atom stereocenters. The van der Waals surface area contributed by atoms with Crippen molar-refractivity contribution in [2.24, 2.45) is 0 Å². The Hall–Kier alpha value is -2.67. The van der Waals surface area contributed by atoms with Gasteiger partial charge in [-0.3, -0.25) is 24.3 Å². The second-order valence-electron chi connectivity index (χ2n) is 9.54. The molecule has 2 saturated heterocycles. The van der Waals surface area contributed by atoms with E-state index < -0.39 is 0 Å². The van der Waals surface area contributed by atoms with Gasteiger partial charge < -0.3 is 14.8 Å². The number of rotatable bonds is 11. The van der Waals surface area contributed by atoms with Gasteiger partial charge in [-0.05, 0) is 30.0 Å². The quantitative estimate of drug-likeness (QED) is 0.379. The van der Waals surface area contributed by atoms with Crippen LogP contribution in [0.2, 0.25) is 0 Å². The maximum Gasteiger partial charge on any atom is 0.270 e. The molecular formula is C28H35N5O4S2. The first-order valence-corrected chi connectivity index (χ1v) is 15.2. The molecule has 11 heteroatoms. The van der Waals surface area contributed by atoms with E-state index in [1.165, 1.54) is 22.7 Å². The third-order valence-electron chi connectivity index (χ3n) is 6.92. The van der Waals surface area contributed by atoms with Gasteiger partial charge in [0.2, 0.25) is 0 Å². The molecule has 2 fully saturated rings. The molecule has 2 amide bonds. The fourth-order valence-electron chi connectivity index (χ4n) is 4.66. The summed E-state index contributed by atoms with van der Waals surface area (Å²) in [7, 11) is 0. The zero-order valence-corrected chi connectivity index (χ0v) is 23.7. The Labute approximate surface area is 237 Å². The lowest BCUT2D eigenvalue weighted by atomic mass is 10.1. The fourth-order valence-corrected chi connectivity index (χ4v) is 6.19. The average molecular weight is 570 g/mol. The van der Waals surface area contributed by atoms with E-state index in [2.05, 4.69) is 15.1 Å². The van der Waals surface area contributed by atoms with Crippen LogP contribution in [0.5, 0.6) is 0 Å². The Morgan fingerprint density at radius 2 is 1.62 bits per heavy atom. The van der Waals surface area contributed by atoms with E-state index in [9.17, 15) is 9.59 Å². The summed E-state index contributed by atoms with van der Waals surface area (Å²) in [6, 6.07) is 11.3. The number of thiazole rings is 1. The molecule has 2 aliphatic rings. The molecule has 0 unspecified atom stereocenters. The fraction of sp³-hybridized carbons (Fsp3) is 0.464. The molecule has 0 spiro atoms. The summed E-state index contributed by atoms with van der Waals surface area (Å²) in [4.78, 5) is 38.0. The number of nitrogens with zero attached hydrogens (tertiary/aromatic N) is 4. The summed E-state index contributed by atoms with van der Waals surface area (Å²) >= 11 is 2.92. The van der Waals surface area contributed by atoms with Gasteiger partial charge in [-0.15, -0.1) is 22.7 Å². The van der Waals surface area contributed by atoms with Crippen molar-refractivity contribution >= 4 is 39.6 Å². The van der Waals surface area contributed by atoms with Gasteiger partial charge in [0, 0.05) is 68.9 Å². The minimum Gasteiger partial charge on any atom is -0.379 e. The van der Waals surface area contributed by atoms with Crippen LogP contribution in [0.4, 0.5) is 5.13 Å². The minimum atomic E-state index is -0.0817. The summed E-state index contributed by atoms with van der Waals surface area (Å²) in [5, 5.41) is 7.59. The Bertz CT molecular complexity index is 1190. The number of benzene rings is 1. The number of amides is 2. The molecule has 1 N–H and O–H groups in total. The summed E-state index contributed by atoms with van der Waals surface area (Å²) < 4.78 is 10.8. The lowest BCUT2D eigenvalue weighted by Crippen LogP contribution is -2.41. The first-order chi connectivity index (χ1) is 19.2. The molecule has 1 aromatic carbocycles. The van der Waals surface area contributed by atoms with E-state index >= 15 is 0 Å². The molecule has 3 aromatic rings. The largest absolute Gasteiger partial charge is 0.379 e. The number of aromatic nitrogens is 1. The van der Waals surface area contributed by atoms with Crippen LogP contribution in [0.1, 0.15) is 26.5 Å². The maximum atomic E-state index is 13.4. The van der Waals surface area contributed by atoms with Crippen LogP contribution in [0.25, 0.3) is 11.3 Å². The SMILES string of the molecule is O=C(NCCN1CCOCC1)c1ccc(-c2csc(N(CCCN3CCOCC3)C(=O)c3cccs3)n2)cc1. The number of anilines is 1. The number of carbonyl (C=O) groups excluding carboxylic acids is 2. The summed E-state index contributed by atoms with van der Waals surface area (Å²) in [5.41, 5.74) is 2.33. The number of thiophene rings is 1. The van der Waals surface area contributed by atoms with Crippen LogP contribution in [-0.4, -0.2) is 105 Å². The summed E-state index contributed by atoms with van der Waals surface area (Å²) in [6.07, 6.45) is 0.862. The van der Waals surface area contributed by atoms with E-state index in [1.807, 2.05) is 47.2 Å². The predicted octanol–water partition coefficient (Wildman–Crippen LogP) is 3.30. The molecule has 2 aliphatic heterocycles. The van der Waals surface area contributed by atoms with E-state index in [1.54, 1.807) is 4.90 Å². The topological polar surface area (TPSA) is 87.2 Å². The summed E-state index contributed by atoms with van der Waals surface area (Å²) in [5.74, 6) is -0.0984. The molecule has 0 radical (unpaired) electrons. The van der Waals surface area contributed by atoms with Crippen LogP contribution in [-0.2, 0) is 9.47 Å². The van der Waals surface area contributed by atoms with Gasteiger partial charge in [0.25, 0.3) is 11.8 Å². The van der Waals surface area contributed by atoms with E-state index in [4.69, 9.17) is 14.5 Å². The number of nitrogens with one attached hydrogen (secondary N) is 1. The highest BCUT2D eigenvalue weighted by molar-refractivity contribution is 7.14. The van der Waals surface area contributed by atoms with Gasteiger partial charge in [-0.25, -0.2) is 4.98 Å². The third-order valence-corrected chi connectivity index (χ3v) is 8.64. The highest BCUT2D eigenvalue weighted by atomic mass is 32.1. The molecule has 208 valence electrons. The van der Waals surface area contributed by atoms with Crippen LogP contribution >= 0.6 is 22.7 Å². The third kappa shape index (κ3) is 7.71. The lowest BCUT2D eigenvalue weighted by molar-refractivity contribution is 0.0376. The summed E-state index contributed by atoms with van der Waals surface area (Å²) in [6.45, 7) is 9.67. The zero-order chi connectivity index (χ0) is 26.9. The van der Waals surface area contributed by atoms with Crippen molar-refractivity contribution in [2.75, 3.05) is 83.7 Å². The standard InChI is InChI=1S/C28H35N5O4S2/c34-26(29-8-11-32-14-18-37-19-15-32)23-6-4-22(5-7-23)24-21-39-28(30-24)33(27(35)25-3-1-20-38-25)10-2-9-31-12-16-36-17-13-31/h1,3-7,20-21H,2,8-19H2,(H,29,34). The van der Waals surface area contributed by atoms with Crippen LogP contribution in [0, 0.1) is 0 Å². The molecule has 0 saturated carbocycles. The second-order valence-corrected chi connectivity index (χ2v) is 11.3. The van der Waals surface area contributed by atoms with Crippen molar-refractivity contribution in [3.63, 3.8) is 0 Å². The molecule has 0 bridgehead atoms. The highest BCUT2D eigenvalue weighted by Gasteiger charge is 2.22. The number of hydrogen-bond acceptors (Lipinski definition) is 9. The van der Waals surface area contributed by atoms with E-state index in [-0.39, 0.29) is 11.8 Å². The molecule has 5 rings (SSSR count). The first-order valence-electron chi connectivity index (χ1n) is 13.5. The molecule has 39 heavy (non-hydrogen) atoms. The van der Waals surface area contributed by atoms with E-state index in [0.29, 0.717) is 28.7 Å². The molecule has 9 nitrogen and oxygen atoms in total. The Morgan fingerprint density at radius 3 is 2.28 bits per heavy atom. The normalized spacial score (nSPS) is 16.7. The molecule has 4 heterocycles. The van der Waals surface area contributed by atoms with Crippen molar-refractivity contribution in [2.45, 2.75) is 6.42 Å². The zero-order valence-electron chi connectivity index (χ0n) is 22.0. The van der Waals surface area contributed by atoms with Crippen molar-refractivity contribution < 1.29 is 19.1 Å². The maximum absolute atomic E-state index is 13.4. The number of hydrogen-bond donors (Lipinski definition) is 1. The van der Waals surface area contributed by atoms with Gasteiger partial charge in [0.05, 0.1) is 37.0 Å². The molecular weight excluding hydrogens is 534 g/mol. The lowest BCUT2D eigenvalue weighted by Gasteiger charge is -2.27. The minimum absolute atomic E-state index is 0.0167. The van der Waals surface area contributed by atoms with Gasteiger partial charge in [0.15, 0.2) is 5.13 Å². The van der Waals surface area contributed by atoms with Crippen molar-refractivity contribution in [1.82, 2.24) is 20.1 Å². The van der Waals surface area contributed by atoms with Crippen molar-refractivity contribution in [3.8, 4) is 11.3 Å². The Balaban J connectivity index is 1.20. The van der Waals surface area contributed by atoms with Crippen LogP contribution < -0.4 is 10.2 Å². The number of ether oxygens (including phenoxy) is 2. The Morgan fingerprint density at radius 1 is 0.923 bits per heavy atom. The second kappa shape index (κ2) is 14.1. The van der Waals surface area contributed by atoms with Crippen molar-refractivity contribution in [3.05, 3.63) is 57.6 Å². The smallest absolute Gasteiger partial charge is 0.270 e. The van der Waals surface area contributed by atoms with Gasteiger partial charge in [-0.2, -0.15) is 0 Å². The number of morpholine rings is 2. The monoisotopic (exact) mass is 569 g/mol. The predicted molar refractivity (Wildman–Crippen MR) is 155 cm³/mol. The van der Waals surface area contributed by atoms with Crippen LogP contribution in [0.15, 0.2) is 47.2 Å². The van der Waals surface area contributed by atoms with E-state index in [0.717, 1.165) is 83.4 Å². The van der Waals surface area contributed by atoms with Gasteiger partial charge in [-0.1, -0.05) is 18.2 Å². The average Bonchev–Trinajstić information content (AvgIpc) is 3.70. The Kier molecular flexibility index (Phi) is 10.1. The molecule has 0 aliphatic carbocycles. The van der Waals surface area contributed by atoms with Gasteiger partial charge in [0.1, 0.15) is 0 Å². The molecule has 2 aromatic heterocycles. The van der Waals surface area contributed by atoms with Crippen molar-refractivity contribution in [1.29, 1.82) is 0 Å². The number of carbonyl (C=O) groups is 2. The van der Waals surface area contributed by atoms with Gasteiger partial charge >= 0.3 is 0 Å².